The van der Waals surface area contributed by atoms with Crippen molar-refractivity contribution in [2.24, 2.45) is 0 Å². The smallest absolute Gasteiger partial charge is 0.369 e. The molecule has 0 aliphatic carbocycles. The average Bonchev–Trinajstić information content (AvgIpc) is 1.84. The minimum absolute atomic E-state index is 0.708. The number of halogens is 4. The molecular formula is C5H4BrF3O. The van der Waals surface area contributed by atoms with Crippen LogP contribution >= 0.6 is 15.9 Å². The van der Waals surface area contributed by atoms with Crippen LogP contribution in [0.5, 0.6) is 0 Å². The topological polar surface area (TPSA) is 20.2 Å². The van der Waals surface area contributed by atoms with E-state index in [1.54, 1.807) is 0 Å². The maximum atomic E-state index is 11.7. The lowest BCUT2D eigenvalue weighted by Crippen LogP contribution is -2.45. The molecule has 0 aliphatic rings. The van der Waals surface area contributed by atoms with Crippen molar-refractivity contribution in [1.29, 1.82) is 0 Å². The van der Waals surface area contributed by atoms with Gasteiger partial charge in [-0.15, -0.1) is 6.42 Å². The second kappa shape index (κ2) is 2.81. The summed E-state index contributed by atoms with van der Waals surface area (Å²) < 4.78 is 35.0. The van der Waals surface area contributed by atoms with Crippen LogP contribution in [0.2, 0.25) is 0 Å². The van der Waals surface area contributed by atoms with Crippen LogP contribution in [0.25, 0.3) is 0 Å². The van der Waals surface area contributed by atoms with Gasteiger partial charge in [0.2, 0.25) is 5.60 Å². The zero-order valence-electron chi connectivity index (χ0n) is 4.74. The Balaban J connectivity index is 4.54. The van der Waals surface area contributed by atoms with E-state index >= 15 is 0 Å². The predicted molar refractivity (Wildman–Crippen MR) is 33.6 cm³/mol. The third kappa shape index (κ3) is 1.64. The minimum Gasteiger partial charge on any atom is -0.369 e. The van der Waals surface area contributed by atoms with Gasteiger partial charge in [-0.2, -0.15) is 13.2 Å². The number of terminal acetylenes is 1. The first-order chi connectivity index (χ1) is 4.37. The second-order valence-corrected chi connectivity index (χ2v) is 2.20. The van der Waals surface area contributed by atoms with Crippen molar-refractivity contribution in [3.63, 3.8) is 0 Å². The first-order valence-corrected chi connectivity index (χ1v) is 3.32. The highest BCUT2D eigenvalue weighted by atomic mass is 79.9. The molecule has 10 heavy (non-hydrogen) atoms. The largest absolute Gasteiger partial charge is 0.429 e. The molecule has 0 heterocycles. The molecule has 0 spiro atoms. The van der Waals surface area contributed by atoms with Gasteiger partial charge in [0.25, 0.3) is 0 Å². The molecule has 0 aliphatic heterocycles. The highest BCUT2D eigenvalue weighted by Crippen LogP contribution is 2.30. The second-order valence-electron chi connectivity index (χ2n) is 1.64. The molecule has 0 bridgehead atoms. The Bertz CT molecular complexity index is 159. The Hall–Kier alpha value is -0.210. The number of hydrogen-bond donors (Lipinski definition) is 1. The van der Waals surface area contributed by atoms with Crippen LogP contribution in [0.1, 0.15) is 0 Å². The van der Waals surface area contributed by atoms with E-state index in [0.717, 1.165) is 0 Å². The molecule has 1 atom stereocenters. The summed E-state index contributed by atoms with van der Waals surface area (Å²) in [5.41, 5.74) is -3.03. The summed E-state index contributed by atoms with van der Waals surface area (Å²) in [5.74, 6) is 1.25. The average molecular weight is 217 g/mol. The monoisotopic (exact) mass is 216 g/mol. The first kappa shape index (κ1) is 9.79. The number of alkyl halides is 4. The predicted octanol–water partition coefficient (Wildman–Crippen LogP) is 1.31. The van der Waals surface area contributed by atoms with Crippen LogP contribution in [0.4, 0.5) is 13.2 Å². The van der Waals surface area contributed by atoms with Crippen LogP contribution < -0.4 is 0 Å². The third-order valence-corrected chi connectivity index (χ3v) is 1.71. The molecule has 0 radical (unpaired) electrons. The quantitative estimate of drug-likeness (QED) is 0.518. The van der Waals surface area contributed by atoms with Crippen LogP contribution in [0, 0.1) is 12.3 Å². The van der Waals surface area contributed by atoms with Crippen molar-refractivity contribution < 1.29 is 18.3 Å². The van der Waals surface area contributed by atoms with Gasteiger partial charge in [0.05, 0.1) is 5.33 Å². The summed E-state index contributed by atoms with van der Waals surface area (Å²) in [6.07, 6.45) is -0.319. The lowest BCUT2D eigenvalue weighted by atomic mass is 10.1. The highest BCUT2D eigenvalue weighted by molar-refractivity contribution is 9.09. The van der Waals surface area contributed by atoms with Crippen molar-refractivity contribution in [2.75, 3.05) is 5.33 Å². The zero-order valence-corrected chi connectivity index (χ0v) is 6.33. The van der Waals surface area contributed by atoms with E-state index in [1.807, 2.05) is 0 Å². The standard InChI is InChI=1S/C5H4BrF3O/c1-2-4(10,3-6)5(7,8)9/h1,10H,3H2. The number of hydrogen-bond acceptors (Lipinski definition) is 1. The van der Waals surface area contributed by atoms with Crippen LogP contribution in [0.15, 0.2) is 0 Å². The van der Waals surface area contributed by atoms with Crippen molar-refractivity contribution in [3.05, 3.63) is 0 Å². The molecule has 5 heteroatoms. The molecule has 0 saturated heterocycles. The third-order valence-electron chi connectivity index (χ3n) is 0.901. The lowest BCUT2D eigenvalue weighted by Gasteiger charge is -2.21. The van der Waals surface area contributed by atoms with E-state index < -0.39 is 17.1 Å². The van der Waals surface area contributed by atoms with E-state index in [0.29, 0.717) is 0 Å². The maximum absolute atomic E-state index is 11.7. The number of rotatable bonds is 1. The van der Waals surface area contributed by atoms with E-state index in [9.17, 15) is 13.2 Å². The van der Waals surface area contributed by atoms with Crippen molar-refractivity contribution in [2.45, 2.75) is 11.8 Å². The van der Waals surface area contributed by atoms with Gasteiger partial charge in [0.1, 0.15) is 0 Å². The fraction of sp³-hybridized carbons (Fsp3) is 0.600. The molecule has 0 amide bonds. The Morgan fingerprint density at radius 1 is 1.50 bits per heavy atom. The van der Waals surface area contributed by atoms with Crippen molar-refractivity contribution >= 4 is 15.9 Å². The van der Waals surface area contributed by atoms with Gasteiger partial charge in [0.15, 0.2) is 0 Å². The Kier molecular flexibility index (Phi) is 2.75. The molecule has 0 fully saturated rings. The van der Waals surface area contributed by atoms with E-state index in [1.165, 1.54) is 5.92 Å². The summed E-state index contributed by atoms with van der Waals surface area (Å²) in [6.45, 7) is 0. The Morgan fingerprint density at radius 3 is 1.90 bits per heavy atom. The molecule has 58 valence electrons. The fourth-order valence-corrected chi connectivity index (χ4v) is 0.676. The van der Waals surface area contributed by atoms with Gasteiger partial charge in [0, 0.05) is 0 Å². The van der Waals surface area contributed by atoms with E-state index in [2.05, 4.69) is 22.4 Å². The molecule has 0 aromatic carbocycles. The van der Waals surface area contributed by atoms with Crippen molar-refractivity contribution in [1.82, 2.24) is 0 Å². The molecule has 0 rings (SSSR count). The van der Waals surface area contributed by atoms with Crippen LogP contribution in [-0.4, -0.2) is 22.2 Å². The van der Waals surface area contributed by atoms with Crippen LogP contribution in [0.3, 0.4) is 0 Å². The highest BCUT2D eigenvalue weighted by Gasteiger charge is 2.51. The Morgan fingerprint density at radius 2 is 1.90 bits per heavy atom. The molecule has 1 nitrogen and oxygen atoms in total. The molecule has 0 aromatic rings. The van der Waals surface area contributed by atoms with Crippen molar-refractivity contribution in [3.8, 4) is 12.3 Å². The van der Waals surface area contributed by atoms with Gasteiger partial charge < -0.3 is 5.11 Å². The Labute approximate surface area is 64.4 Å². The minimum atomic E-state index is -4.77. The van der Waals surface area contributed by atoms with E-state index in [-0.39, 0.29) is 0 Å². The summed E-state index contributed by atoms with van der Waals surface area (Å²) in [5, 5.41) is 7.85. The first-order valence-electron chi connectivity index (χ1n) is 2.20. The zero-order chi connectivity index (χ0) is 8.41. The van der Waals surface area contributed by atoms with Gasteiger partial charge in [-0.3, -0.25) is 0 Å². The SMILES string of the molecule is C#CC(O)(CBr)C(F)(F)F. The fourth-order valence-electron chi connectivity index (χ4n) is 0.196. The summed E-state index contributed by atoms with van der Waals surface area (Å²) in [7, 11) is 0. The lowest BCUT2D eigenvalue weighted by molar-refractivity contribution is -0.225. The normalized spacial score (nSPS) is 17.6. The summed E-state index contributed by atoms with van der Waals surface area (Å²) in [4.78, 5) is 0. The van der Waals surface area contributed by atoms with Crippen LogP contribution in [-0.2, 0) is 0 Å². The molecular weight excluding hydrogens is 213 g/mol. The summed E-state index contributed by atoms with van der Waals surface area (Å²) >= 11 is 2.46. The molecule has 0 saturated carbocycles. The number of aliphatic hydroxyl groups is 1. The maximum Gasteiger partial charge on any atom is 0.429 e. The molecule has 0 aromatic heterocycles. The van der Waals surface area contributed by atoms with Gasteiger partial charge in [-0.1, -0.05) is 21.9 Å². The molecule has 1 unspecified atom stereocenters. The van der Waals surface area contributed by atoms with Gasteiger partial charge >= 0.3 is 6.18 Å². The summed E-state index contributed by atoms with van der Waals surface area (Å²) in [6, 6.07) is 0. The van der Waals surface area contributed by atoms with Gasteiger partial charge in [-0.25, -0.2) is 0 Å². The van der Waals surface area contributed by atoms with Gasteiger partial charge in [-0.05, 0) is 0 Å². The molecule has 1 N–H and O–H groups in total. The van der Waals surface area contributed by atoms with E-state index in [4.69, 9.17) is 5.11 Å².